The number of nitrogens with one attached hydrogen (secondary N) is 1. The quantitative estimate of drug-likeness (QED) is 0.605. The zero-order valence-electron chi connectivity index (χ0n) is 20.3. The average molecular weight is 464 g/mol. The number of piperidine rings is 1. The molecule has 2 aromatic carbocycles. The van der Waals surface area contributed by atoms with Crippen molar-refractivity contribution in [3.05, 3.63) is 64.7 Å². The van der Waals surface area contributed by atoms with Gasteiger partial charge in [0.2, 0.25) is 11.8 Å². The van der Waals surface area contributed by atoms with Gasteiger partial charge < -0.3 is 9.64 Å². The summed E-state index contributed by atoms with van der Waals surface area (Å²) >= 11 is 0. The van der Waals surface area contributed by atoms with Gasteiger partial charge in [-0.25, -0.2) is 0 Å². The van der Waals surface area contributed by atoms with E-state index in [0.717, 1.165) is 17.7 Å². The Balaban J connectivity index is 1.42. The van der Waals surface area contributed by atoms with E-state index in [1.807, 2.05) is 6.07 Å². The first-order valence-electron chi connectivity index (χ1n) is 12.0. The highest BCUT2D eigenvalue weighted by atomic mass is 16.5. The lowest BCUT2D eigenvalue weighted by Crippen LogP contribution is -2.52. The maximum absolute atomic E-state index is 13.0. The number of carbonyl (C=O) groups excluding carboxylic acids is 3. The minimum absolute atomic E-state index is 0.195. The molecule has 0 spiro atoms. The summed E-state index contributed by atoms with van der Waals surface area (Å²) in [6, 6.07) is 14.2. The van der Waals surface area contributed by atoms with Crippen molar-refractivity contribution in [2.75, 3.05) is 0 Å². The van der Waals surface area contributed by atoms with Gasteiger partial charge in [0.25, 0.3) is 5.91 Å². The van der Waals surface area contributed by atoms with E-state index in [1.165, 1.54) is 5.56 Å². The van der Waals surface area contributed by atoms with E-state index < -0.39 is 11.9 Å². The molecular weight excluding hydrogens is 430 g/mol. The van der Waals surface area contributed by atoms with Crippen molar-refractivity contribution < 1.29 is 19.1 Å². The number of fused-ring (bicyclic) bond motifs is 1. The summed E-state index contributed by atoms with van der Waals surface area (Å²) in [5.74, 6) is -0.246. The Bertz CT molecular complexity index is 1070. The van der Waals surface area contributed by atoms with Crippen molar-refractivity contribution in [2.24, 2.45) is 0 Å². The van der Waals surface area contributed by atoms with E-state index in [-0.39, 0.29) is 18.2 Å². The Hall–Kier alpha value is -3.19. The Morgan fingerprint density at radius 3 is 2.32 bits per heavy atom. The number of hydrogen-bond donors (Lipinski definition) is 1. The smallest absolute Gasteiger partial charge is 0.255 e. The van der Waals surface area contributed by atoms with E-state index in [9.17, 15) is 14.4 Å². The number of ether oxygens (including phenoxy) is 1. The SMILES string of the molecule is CC(C)N(Cc1ccc(COc2cccc3c2CN(C2CCC(=O)NC2=O)C3=O)cc1)C(C)C. The van der Waals surface area contributed by atoms with Crippen LogP contribution in [0.4, 0.5) is 0 Å². The summed E-state index contributed by atoms with van der Waals surface area (Å²) in [4.78, 5) is 40.7. The molecule has 0 aliphatic carbocycles. The number of benzene rings is 2. The number of amides is 3. The van der Waals surface area contributed by atoms with Crippen LogP contribution in [0.15, 0.2) is 42.5 Å². The molecule has 1 saturated heterocycles. The monoisotopic (exact) mass is 463 g/mol. The number of hydrogen-bond acceptors (Lipinski definition) is 5. The van der Waals surface area contributed by atoms with Crippen LogP contribution in [0.1, 0.15) is 67.6 Å². The Kier molecular flexibility index (Phi) is 7.03. The molecule has 0 saturated carbocycles. The van der Waals surface area contributed by atoms with E-state index in [2.05, 4.69) is 62.2 Å². The van der Waals surface area contributed by atoms with Crippen LogP contribution in [-0.2, 0) is 29.3 Å². The lowest BCUT2D eigenvalue weighted by Gasteiger charge is -2.30. The molecule has 2 aliphatic heterocycles. The normalized spacial score (nSPS) is 18.1. The van der Waals surface area contributed by atoms with E-state index in [1.54, 1.807) is 17.0 Å². The molecule has 0 radical (unpaired) electrons. The third kappa shape index (κ3) is 4.99. The van der Waals surface area contributed by atoms with Gasteiger partial charge in [0.05, 0.1) is 6.54 Å². The standard InChI is InChI=1S/C27H33N3O4/c1-17(2)29(18(3)4)14-19-8-10-20(11-9-19)16-34-24-7-5-6-21-22(24)15-30(27(21)33)23-12-13-25(31)28-26(23)32/h5-11,17-18,23H,12-16H2,1-4H3,(H,28,31,32). The van der Waals surface area contributed by atoms with Gasteiger partial charge in [-0.2, -0.15) is 0 Å². The van der Waals surface area contributed by atoms with Crippen LogP contribution in [0.3, 0.4) is 0 Å². The molecule has 1 atom stereocenters. The van der Waals surface area contributed by atoms with Crippen LogP contribution in [0.25, 0.3) is 0 Å². The van der Waals surface area contributed by atoms with E-state index in [0.29, 0.717) is 43.0 Å². The van der Waals surface area contributed by atoms with Crippen molar-refractivity contribution in [2.45, 2.75) is 78.4 Å². The Morgan fingerprint density at radius 1 is 1.00 bits per heavy atom. The van der Waals surface area contributed by atoms with Gasteiger partial charge in [0.1, 0.15) is 18.4 Å². The third-order valence-electron chi connectivity index (χ3n) is 6.65. The molecule has 2 aromatic rings. The van der Waals surface area contributed by atoms with Crippen molar-refractivity contribution in [3.8, 4) is 5.75 Å². The van der Waals surface area contributed by atoms with E-state index >= 15 is 0 Å². The summed E-state index contributed by atoms with van der Waals surface area (Å²) in [6.45, 7) is 10.5. The second-order valence-corrected chi connectivity index (χ2v) is 9.65. The third-order valence-corrected chi connectivity index (χ3v) is 6.65. The summed E-state index contributed by atoms with van der Waals surface area (Å²) in [6.07, 6.45) is 0.583. The van der Waals surface area contributed by atoms with Gasteiger partial charge in [0, 0.05) is 36.2 Å². The first kappa shape index (κ1) is 24.0. The fraction of sp³-hybridized carbons (Fsp3) is 0.444. The van der Waals surface area contributed by atoms with E-state index in [4.69, 9.17) is 4.74 Å². The highest BCUT2D eigenvalue weighted by Crippen LogP contribution is 2.34. The highest BCUT2D eigenvalue weighted by molar-refractivity contribution is 6.05. The molecule has 34 heavy (non-hydrogen) atoms. The molecule has 1 unspecified atom stereocenters. The number of carbonyl (C=O) groups is 3. The minimum atomic E-state index is -0.630. The summed E-state index contributed by atoms with van der Waals surface area (Å²) < 4.78 is 6.12. The summed E-state index contributed by atoms with van der Waals surface area (Å²) in [5, 5.41) is 2.34. The number of rotatable bonds is 8. The molecule has 4 rings (SSSR count). The first-order chi connectivity index (χ1) is 16.2. The fourth-order valence-electron chi connectivity index (χ4n) is 4.77. The molecule has 1 fully saturated rings. The molecule has 0 bridgehead atoms. The predicted molar refractivity (Wildman–Crippen MR) is 129 cm³/mol. The molecule has 0 aromatic heterocycles. The number of nitrogens with zero attached hydrogens (tertiary/aromatic N) is 2. The average Bonchev–Trinajstić information content (AvgIpc) is 3.13. The van der Waals surface area contributed by atoms with Crippen LogP contribution >= 0.6 is 0 Å². The maximum atomic E-state index is 13.0. The molecule has 1 N–H and O–H groups in total. The fourth-order valence-corrected chi connectivity index (χ4v) is 4.77. The van der Waals surface area contributed by atoms with Crippen molar-refractivity contribution >= 4 is 17.7 Å². The van der Waals surface area contributed by atoms with Crippen molar-refractivity contribution in [1.29, 1.82) is 0 Å². The lowest BCUT2D eigenvalue weighted by molar-refractivity contribution is -0.136. The van der Waals surface area contributed by atoms with Gasteiger partial charge in [-0.05, 0) is 57.4 Å². The van der Waals surface area contributed by atoms with Gasteiger partial charge in [0.15, 0.2) is 0 Å². The zero-order valence-corrected chi connectivity index (χ0v) is 20.3. The van der Waals surface area contributed by atoms with Gasteiger partial charge >= 0.3 is 0 Å². The molecule has 2 aliphatic rings. The van der Waals surface area contributed by atoms with Crippen molar-refractivity contribution in [3.63, 3.8) is 0 Å². The topological polar surface area (TPSA) is 79.0 Å². The molecular formula is C27H33N3O4. The molecule has 7 heteroatoms. The predicted octanol–water partition coefficient (Wildman–Crippen LogP) is 3.65. The zero-order chi connectivity index (χ0) is 24.4. The van der Waals surface area contributed by atoms with Crippen LogP contribution in [0.5, 0.6) is 5.75 Å². The second kappa shape index (κ2) is 9.97. The van der Waals surface area contributed by atoms with Gasteiger partial charge in [-0.3, -0.25) is 24.6 Å². The molecule has 180 valence electrons. The maximum Gasteiger partial charge on any atom is 0.255 e. The Morgan fingerprint density at radius 2 is 1.68 bits per heavy atom. The molecule has 2 heterocycles. The van der Waals surface area contributed by atoms with Crippen molar-refractivity contribution in [1.82, 2.24) is 15.1 Å². The van der Waals surface area contributed by atoms with Crippen LogP contribution in [-0.4, -0.2) is 45.6 Å². The second-order valence-electron chi connectivity index (χ2n) is 9.65. The number of imide groups is 1. The van der Waals surface area contributed by atoms with Crippen LogP contribution in [0.2, 0.25) is 0 Å². The summed E-state index contributed by atoms with van der Waals surface area (Å²) in [7, 11) is 0. The first-order valence-corrected chi connectivity index (χ1v) is 12.0. The molecule has 3 amide bonds. The molecule has 7 nitrogen and oxygen atoms in total. The van der Waals surface area contributed by atoms with Gasteiger partial charge in [-0.1, -0.05) is 30.3 Å². The summed E-state index contributed by atoms with van der Waals surface area (Å²) in [5.41, 5.74) is 3.66. The largest absolute Gasteiger partial charge is 0.489 e. The lowest BCUT2D eigenvalue weighted by atomic mass is 10.0. The van der Waals surface area contributed by atoms with Crippen LogP contribution in [0, 0.1) is 0 Å². The van der Waals surface area contributed by atoms with Crippen LogP contribution < -0.4 is 10.1 Å². The Labute approximate surface area is 201 Å². The highest BCUT2D eigenvalue weighted by Gasteiger charge is 2.40. The minimum Gasteiger partial charge on any atom is -0.489 e. The van der Waals surface area contributed by atoms with Gasteiger partial charge in [-0.15, -0.1) is 0 Å².